The lowest BCUT2D eigenvalue weighted by Gasteiger charge is -2.32. The maximum atomic E-state index is 14.3. The highest BCUT2D eigenvalue weighted by atomic mass is 16.7. The van der Waals surface area contributed by atoms with E-state index in [1.165, 1.54) is 12.8 Å². The number of ether oxygens (including phenoxy) is 2. The molecule has 3 aromatic rings. The lowest BCUT2D eigenvalue weighted by molar-refractivity contribution is 0.0710. The number of aliphatic hydroxyl groups excluding tert-OH is 1. The summed E-state index contributed by atoms with van der Waals surface area (Å²) in [6.07, 6.45) is 5.80. The largest absolute Gasteiger partial charge is 0.454 e. The Labute approximate surface area is 229 Å². The number of anilines is 1. The molecule has 2 aromatic carbocycles. The van der Waals surface area contributed by atoms with Crippen LogP contribution in [0.4, 0.5) is 5.82 Å². The van der Waals surface area contributed by atoms with Crippen molar-refractivity contribution >= 4 is 22.6 Å². The number of piperidine rings is 1. The maximum absolute atomic E-state index is 14.3. The number of nitrogens with zero attached hydrogens (tertiary/aromatic N) is 4. The van der Waals surface area contributed by atoms with E-state index in [1.54, 1.807) is 0 Å². The van der Waals surface area contributed by atoms with Gasteiger partial charge in [0.05, 0.1) is 17.2 Å². The Morgan fingerprint density at radius 1 is 0.872 bits per heavy atom. The molecule has 7 rings (SSSR count). The summed E-state index contributed by atoms with van der Waals surface area (Å²) in [4.78, 5) is 26.2. The van der Waals surface area contributed by atoms with Crippen LogP contribution in [0.1, 0.15) is 48.9 Å². The number of rotatable bonds is 5. The van der Waals surface area contributed by atoms with Crippen LogP contribution >= 0.6 is 0 Å². The molecule has 1 aromatic heterocycles. The zero-order chi connectivity index (χ0) is 26.3. The zero-order valence-electron chi connectivity index (χ0n) is 22.3. The summed E-state index contributed by atoms with van der Waals surface area (Å²) in [5, 5.41) is 10.9. The van der Waals surface area contributed by atoms with E-state index in [4.69, 9.17) is 14.5 Å². The second kappa shape index (κ2) is 10.3. The molecule has 8 heteroatoms. The Hall–Kier alpha value is -3.36. The number of pyridine rings is 1. The second-order valence-corrected chi connectivity index (χ2v) is 11.3. The smallest absolute Gasteiger partial charge is 0.254 e. The molecule has 1 atom stereocenters. The molecule has 0 aliphatic carbocycles. The van der Waals surface area contributed by atoms with Gasteiger partial charge in [0.1, 0.15) is 5.82 Å². The molecule has 0 bridgehead atoms. The van der Waals surface area contributed by atoms with Gasteiger partial charge in [-0.15, -0.1) is 0 Å². The third-order valence-corrected chi connectivity index (χ3v) is 8.83. The Bertz CT molecular complexity index is 1380. The molecule has 0 radical (unpaired) electrons. The van der Waals surface area contributed by atoms with E-state index >= 15 is 0 Å². The van der Waals surface area contributed by atoms with Crippen LogP contribution in [-0.2, 0) is 0 Å². The van der Waals surface area contributed by atoms with E-state index in [0.717, 1.165) is 110 Å². The van der Waals surface area contributed by atoms with Crippen LogP contribution in [-0.4, -0.2) is 84.0 Å². The van der Waals surface area contributed by atoms with Crippen molar-refractivity contribution in [2.45, 2.75) is 50.7 Å². The number of aromatic nitrogens is 1. The first kappa shape index (κ1) is 24.7. The van der Waals surface area contributed by atoms with Gasteiger partial charge < -0.3 is 29.3 Å². The van der Waals surface area contributed by atoms with Crippen molar-refractivity contribution in [2.24, 2.45) is 0 Å². The minimum Gasteiger partial charge on any atom is -0.454 e. The van der Waals surface area contributed by atoms with Crippen LogP contribution in [0.3, 0.4) is 0 Å². The summed E-state index contributed by atoms with van der Waals surface area (Å²) in [6.45, 7) is 5.76. The summed E-state index contributed by atoms with van der Waals surface area (Å²) in [5.74, 6) is 2.42. The predicted molar refractivity (Wildman–Crippen MR) is 150 cm³/mol. The molecule has 204 valence electrons. The molecule has 4 aliphatic rings. The van der Waals surface area contributed by atoms with Gasteiger partial charge in [-0.3, -0.25) is 4.79 Å². The fraction of sp³-hybridized carbons (Fsp3) is 0.484. The Balaban J connectivity index is 1.28. The molecule has 0 saturated carbocycles. The fourth-order valence-electron chi connectivity index (χ4n) is 6.61. The molecular weight excluding hydrogens is 492 g/mol. The van der Waals surface area contributed by atoms with Crippen LogP contribution in [0, 0.1) is 0 Å². The average Bonchev–Trinajstić information content (AvgIpc) is 3.75. The van der Waals surface area contributed by atoms with Gasteiger partial charge in [-0.1, -0.05) is 12.1 Å². The molecule has 1 amide bonds. The Morgan fingerprint density at radius 2 is 1.64 bits per heavy atom. The topological polar surface area (TPSA) is 78.4 Å². The van der Waals surface area contributed by atoms with Crippen molar-refractivity contribution in [3.05, 3.63) is 48.0 Å². The van der Waals surface area contributed by atoms with Crippen LogP contribution in [0.15, 0.2) is 42.5 Å². The molecule has 3 saturated heterocycles. The number of likely N-dealkylation sites (tertiary alicyclic amines) is 2. The highest BCUT2D eigenvalue weighted by Gasteiger charge is 2.33. The SMILES string of the molecule is O=C(c1cc(N2CCC(O)CC2)nc2ccc(-c3ccc4c(c3)OCO4)cc12)N1CCC[C@H]1CN1CCCC1. The van der Waals surface area contributed by atoms with Gasteiger partial charge >= 0.3 is 0 Å². The standard InChI is InChI=1S/C31H36N4O4/c36-24-9-14-34(15-10-24)30-18-26(31(37)35-13-3-4-23(35)19-33-11-1-2-12-33)25-16-21(5-7-27(25)32-30)22-6-8-28-29(17-22)39-20-38-28/h5-8,16-18,23-24,36H,1-4,9-15,19-20H2/t23-/m0/s1. The molecule has 1 N–H and O–H groups in total. The third-order valence-electron chi connectivity index (χ3n) is 8.83. The molecular formula is C31H36N4O4. The monoisotopic (exact) mass is 528 g/mol. The number of carbonyl (C=O) groups excluding carboxylic acids is 1. The zero-order valence-corrected chi connectivity index (χ0v) is 22.3. The van der Waals surface area contributed by atoms with Crippen molar-refractivity contribution in [2.75, 3.05) is 51.0 Å². The lowest BCUT2D eigenvalue weighted by Crippen LogP contribution is -2.42. The molecule has 0 spiro atoms. The van der Waals surface area contributed by atoms with Crippen molar-refractivity contribution < 1.29 is 19.4 Å². The maximum Gasteiger partial charge on any atom is 0.254 e. The van der Waals surface area contributed by atoms with E-state index in [2.05, 4.69) is 26.8 Å². The third kappa shape index (κ3) is 4.80. The Kier molecular flexibility index (Phi) is 6.52. The minimum absolute atomic E-state index is 0.102. The number of hydrogen-bond donors (Lipinski definition) is 1. The van der Waals surface area contributed by atoms with Gasteiger partial charge in [0.15, 0.2) is 11.5 Å². The van der Waals surface area contributed by atoms with E-state index in [9.17, 15) is 9.90 Å². The van der Waals surface area contributed by atoms with Gasteiger partial charge in [-0.25, -0.2) is 4.98 Å². The summed E-state index contributed by atoms with van der Waals surface area (Å²) >= 11 is 0. The normalized spacial score (nSPS) is 21.8. The summed E-state index contributed by atoms with van der Waals surface area (Å²) in [6, 6.07) is 14.4. The van der Waals surface area contributed by atoms with E-state index in [0.29, 0.717) is 0 Å². The molecule has 8 nitrogen and oxygen atoms in total. The summed E-state index contributed by atoms with van der Waals surface area (Å²) in [7, 11) is 0. The molecule has 5 heterocycles. The highest BCUT2D eigenvalue weighted by Crippen LogP contribution is 2.37. The average molecular weight is 529 g/mol. The van der Waals surface area contributed by atoms with E-state index in [-0.39, 0.29) is 24.8 Å². The molecule has 0 unspecified atom stereocenters. The fourth-order valence-corrected chi connectivity index (χ4v) is 6.61. The van der Waals surface area contributed by atoms with Crippen molar-refractivity contribution in [1.29, 1.82) is 0 Å². The van der Waals surface area contributed by atoms with Crippen molar-refractivity contribution in [3.63, 3.8) is 0 Å². The van der Waals surface area contributed by atoms with Gasteiger partial charge in [0.25, 0.3) is 5.91 Å². The minimum atomic E-state index is -0.261. The number of fused-ring (bicyclic) bond motifs is 2. The molecule has 39 heavy (non-hydrogen) atoms. The Morgan fingerprint density at radius 3 is 2.49 bits per heavy atom. The van der Waals surface area contributed by atoms with Crippen LogP contribution < -0.4 is 14.4 Å². The number of carbonyl (C=O) groups is 1. The van der Waals surface area contributed by atoms with Crippen molar-refractivity contribution in [3.8, 4) is 22.6 Å². The van der Waals surface area contributed by atoms with Crippen LogP contribution in [0.2, 0.25) is 0 Å². The number of hydrogen-bond acceptors (Lipinski definition) is 7. The number of amides is 1. The van der Waals surface area contributed by atoms with Crippen molar-refractivity contribution in [1.82, 2.24) is 14.8 Å². The number of aliphatic hydroxyl groups is 1. The van der Waals surface area contributed by atoms with Gasteiger partial charge in [-0.05, 0) is 93.1 Å². The van der Waals surface area contributed by atoms with Gasteiger partial charge in [0.2, 0.25) is 6.79 Å². The van der Waals surface area contributed by atoms with Gasteiger partial charge in [0, 0.05) is 37.6 Å². The van der Waals surface area contributed by atoms with E-state index in [1.807, 2.05) is 30.3 Å². The van der Waals surface area contributed by atoms with E-state index < -0.39 is 0 Å². The van der Waals surface area contributed by atoms with Crippen LogP contribution in [0.5, 0.6) is 11.5 Å². The summed E-state index contributed by atoms with van der Waals surface area (Å²) in [5.41, 5.74) is 3.57. The first-order chi connectivity index (χ1) is 19.1. The predicted octanol–water partition coefficient (Wildman–Crippen LogP) is 4.29. The summed E-state index contributed by atoms with van der Waals surface area (Å²) < 4.78 is 11.1. The molecule has 3 fully saturated rings. The first-order valence-corrected chi connectivity index (χ1v) is 14.4. The van der Waals surface area contributed by atoms with Gasteiger partial charge in [-0.2, -0.15) is 0 Å². The molecule has 4 aliphatic heterocycles. The van der Waals surface area contributed by atoms with Crippen LogP contribution in [0.25, 0.3) is 22.0 Å². The second-order valence-electron chi connectivity index (χ2n) is 11.3. The quantitative estimate of drug-likeness (QED) is 0.529. The first-order valence-electron chi connectivity index (χ1n) is 14.4. The lowest BCUT2D eigenvalue weighted by atomic mass is 9.99. The number of benzene rings is 2. The highest BCUT2D eigenvalue weighted by molar-refractivity contribution is 6.08.